The summed E-state index contributed by atoms with van der Waals surface area (Å²) in [6.45, 7) is 4.30. The molecule has 2 aromatic carbocycles. The summed E-state index contributed by atoms with van der Waals surface area (Å²) in [6.07, 6.45) is 1.63. The van der Waals surface area contributed by atoms with Crippen molar-refractivity contribution in [2.45, 2.75) is 19.8 Å². The lowest BCUT2D eigenvalue weighted by molar-refractivity contribution is 0.0994. The van der Waals surface area contributed by atoms with Crippen molar-refractivity contribution in [2.75, 3.05) is 4.90 Å². The van der Waals surface area contributed by atoms with Gasteiger partial charge >= 0.3 is 0 Å². The van der Waals surface area contributed by atoms with Gasteiger partial charge in [-0.05, 0) is 47.9 Å². The van der Waals surface area contributed by atoms with Crippen LogP contribution in [-0.4, -0.2) is 15.9 Å². The van der Waals surface area contributed by atoms with Crippen LogP contribution in [0.1, 0.15) is 35.8 Å². The first-order valence-corrected chi connectivity index (χ1v) is 9.66. The number of aromatic nitrogens is 2. The quantitative estimate of drug-likeness (QED) is 0.454. The second-order valence-corrected chi connectivity index (χ2v) is 7.58. The van der Waals surface area contributed by atoms with Crippen molar-refractivity contribution in [3.8, 4) is 0 Å². The summed E-state index contributed by atoms with van der Waals surface area (Å²) in [7, 11) is 0. The molecule has 0 N–H and O–H groups in total. The number of nitrogens with zero attached hydrogens (tertiary/aromatic N) is 3. The first kappa shape index (κ1) is 17.4. The number of benzene rings is 2. The van der Waals surface area contributed by atoms with Gasteiger partial charge in [-0.3, -0.25) is 14.7 Å². The van der Waals surface area contributed by atoms with E-state index in [-0.39, 0.29) is 5.91 Å². The number of rotatable bonds is 4. The van der Waals surface area contributed by atoms with Crippen molar-refractivity contribution in [1.29, 1.82) is 0 Å². The highest BCUT2D eigenvalue weighted by atomic mass is 32.1. The van der Waals surface area contributed by atoms with E-state index in [9.17, 15) is 4.79 Å². The minimum absolute atomic E-state index is 0.188. The van der Waals surface area contributed by atoms with Crippen molar-refractivity contribution in [2.24, 2.45) is 0 Å². The number of hydrogen-bond acceptors (Lipinski definition) is 4. The number of carbonyl (C=O) groups is 1. The van der Waals surface area contributed by atoms with E-state index in [1.54, 1.807) is 23.2 Å². The lowest BCUT2D eigenvalue weighted by Crippen LogP contribution is -2.26. The molecule has 2 heterocycles. The van der Waals surface area contributed by atoms with Crippen LogP contribution in [0.2, 0.25) is 0 Å². The molecule has 0 radical (unpaired) electrons. The molecule has 0 atom stereocenters. The van der Waals surface area contributed by atoms with Crippen LogP contribution in [0.4, 0.5) is 10.8 Å². The molecule has 4 aromatic rings. The Morgan fingerprint density at radius 3 is 2.37 bits per heavy atom. The third kappa shape index (κ3) is 3.46. The fraction of sp³-hybridized carbons (Fsp3) is 0.136. The molecule has 0 spiro atoms. The Balaban J connectivity index is 1.82. The number of fused-ring (bicyclic) bond motifs is 1. The van der Waals surface area contributed by atoms with E-state index < -0.39 is 0 Å². The molecule has 0 unspecified atom stereocenters. The number of hydrogen-bond donors (Lipinski definition) is 0. The van der Waals surface area contributed by atoms with Crippen LogP contribution in [-0.2, 0) is 0 Å². The normalized spacial score (nSPS) is 11.1. The maximum atomic E-state index is 13.3. The Morgan fingerprint density at radius 1 is 0.963 bits per heavy atom. The fourth-order valence-corrected chi connectivity index (χ4v) is 3.87. The van der Waals surface area contributed by atoms with Crippen molar-refractivity contribution < 1.29 is 4.79 Å². The average molecular weight is 373 g/mol. The molecular weight excluding hydrogens is 354 g/mol. The Hall–Kier alpha value is -3.05. The van der Waals surface area contributed by atoms with E-state index in [1.165, 1.54) is 16.9 Å². The highest BCUT2D eigenvalue weighted by molar-refractivity contribution is 7.22. The van der Waals surface area contributed by atoms with E-state index in [1.807, 2.05) is 42.5 Å². The lowest BCUT2D eigenvalue weighted by Gasteiger charge is -2.20. The number of anilines is 2. The topological polar surface area (TPSA) is 46.1 Å². The van der Waals surface area contributed by atoms with E-state index in [0.717, 1.165) is 15.9 Å². The van der Waals surface area contributed by atoms with Gasteiger partial charge in [-0.25, -0.2) is 4.98 Å². The third-order valence-electron chi connectivity index (χ3n) is 4.38. The zero-order chi connectivity index (χ0) is 18.8. The molecule has 4 nitrogen and oxygen atoms in total. The molecule has 134 valence electrons. The Kier molecular flexibility index (Phi) is 4.69. The smallest absolute Gasteiger partial charge is 0.266 e. The molecule has 0 aliphatic carbocycles. The zero-order valence-corrected chi connectivity index (χ0v) is 16.0. The van der Waals surface area contributed by atoms with Crippen LogP contribution >= 0.6 is 11.3 Å². The minimum Gasteiger partial charge on any atom is -0.266 e. The summed E-state index contributed by atoms with van der Waals surface area (Å²) < 4.78 is 1.05. The van der Waals surface area contributed by atoms with E-state index in [2.05, 4.69) is 35.9 Å². The van der Waals surface area contributed by atoms with Gasteiger partial charge in [-0.15, -0.1) is 0 Å². The number of thiazole rings is 1. The summed E-state index contributed by atoms with van der Waals surface area (Å²) in [5, 5.41) is 0.643. The summed E-state index contributed by atoms with van der Waals surface area (Å²) in [4.78, 5) is 23.8. The highest BCUT2D eigenvalue weighted by Gasteiger charge is 2.24. The molecule has 0 aliphatic rings. The Morgan fingerprint density at radius 2 is 1.70 bits per heavy atom. The van der Waals surface area contributed by atoms with Crippen LogP contribution in [0.25, 0.3) is 10.2 Å². The molecule has 2 aromatic heterocycles. The van der Waals surface area contributed by atoms with Crippen LogP contribution in [0, 0.1) is 0 Å². The number of pyridine rings is 1. The van der Waals surface area contributed by atoms with Gasteiger partial charge in [0.1, 0.15) is 5.69 Å². The molecule has 1 amide bonds. The second kappa shape index (κ2) is 7.29. The maximum Gasteiger partial charge on any atom is 0.283 e. The molecule has 27 heavy (non-hydrogen) atoms. The van der Waals surface area contributed by atoms with Gasteiger partial charge in [0, 0.05) is 6.20 Å². The summed E-state index contributed by atoms with van der Waals surface area (Å²) in [5.74, 6) is 0.244. The molecule has 4 rings (SSSR count). The van der Waals surface area contributed by atoms with Crippen molar-refractivity contribution in [3.05, 3.63) is 84.2 Å². The van der Waals surface area contributed by atoms with Gasteiger partial charge in [0.2, 0.25) is 0 Å². The zero-order valence-electron chi connectivity index (χ0n) is 15.2. The SMILES string of the molecule is CC(C)c1ccc(N(C(=O)c2ccccn2)c2nc3ccccc3s2)cc1. The van der Waals surface area contributed by atoms with Gasteiger partial charge in [0.05, 0.1) is 15.9 Å². The summed E-state index contributed by atoms with van der Waals surface area (Å²) in [6, 6.07) is 21.3. The van der Waals surface area contributed by atoms with Gasteiger partial charge in [0.25, 0.3) is 5.91 Å². The predicted octanol–water partition coefficient (Wildman–Crippen LogP) is 5.79. The summed E-state index contributed by atoms with van der Waals surface area (Å²) in [5.41, 5.74) is 3.29. The standard InChI is InChI=1S/C22H19N3OS/c1-15(2)16-10-12-17(13-11-16)25(21(26)19-8-5-6-14-23-19)22-24-18-7-3-4-9-20(18)27-22/h3-15H,1-2H3. The fourth-order valence-electron chi connectivity index (χ4n) is 2.88. The Bertz CT molecular complexity index is 1040. The largest absolute Gasteiger partial charge is 0.283 e. The highest BCUT2D eigenvalue weighted by Crippen LogP contribution is 2.34. The minimum atomic E-state index is -0.188. The van der Waals surface area contributed by atoms with E-state index in [0.29, 0.717) is 16.7 Å². The molecule has 5 heteroatoms. The lowest BCUT2D eigenvalue weighted by atomic mass is 10.0. The van der Waals surface area contributed by atoms with E-state index >= 15 is 0 Å². The number of carbonyl (C=O) groups excluding carboxylic acids is 1. The van der Waals surface area contributed by atoms with Crippen molar-refractivity contribution >= 4 is 38.3 Å². The molecular formula is C22H19N3OS. The molecule has 0 aliphatic heterocycles. The van der Waals surface area contributed by atoms with Crippen LogP contribution in [0.15, 0.2) is 72.9 Å². The molecule has 0 saturated carbocycles. The number of amides is 1. The van der Waals surface area contributed by atoms with E-state index in [4.69, 9.17) is 0 Å². The predicted molar refractivity (Wildman–Crippen MR) is 111 cm³/mol. The van der Waals surface area contributed by atoms with Gasteiger partial charge < -0.3 is 0 Å². The average Bonchev–Trinajstić information content (AvgIpc) is 3.12. The Labute approximate surface area is 162 Å². The monoisotopic (exact) mass is 373 g/mol. The van der Waals surface area contributed by atoms with Gasteiger partial charge in [-0.2, -0.15) is 0 Å². The van der Waals surface area contributed by atoms with Crippen LogP contribution in [0.3, 0.4) is 0 Å². The third-order valence-corrected chi connectivity index (χ3v) is 5.40. The van der Waals surface area contributed by atoms with Crippen molar-refractivity contribution in [1.82, 2.24) is 9.97 Å². The molecule has 0 bridgehead atoms. The molecule has 0 saturated heterocycles. The summed E-state index contributed by atoms with van der Waals surface area (Å²) >= 11 is 1.50. The second-order valence-electron chi connectivity index (χ2n) is 6.57. The maximum absolute atomic E-state index is 13.3. The van der Waals surface area contributed by atoms with Crippen LogP contribution in [0.5, 0.6) is 0 Å². The van der Waals surface area contributed by atoms with Crippen molar-refractivity contribution in [3.63, 3.8) is 0 Å². The molecule has 0 fully saturated rings. The number of para-hydroxylation sites is 1. The van der Waals surface area contributed by atoms with Crippen LogP contribution < -0.4 is 4.90 Å². The van der Waals surface area contributed by atoms with Gasteiger partial charge in [0.15, 0.2) is 5.13 Å². The van der Waals surface area contributed by atoms with Gasteiger partial charge in [-0.1, -0.05) is 55.5 Å². The first-order valence-electron chi connectivity index (χ1n) is 8.84. The first-order chi connectivity index (χ1) is 13.1.